The van der Waals surface area contributed by atoms with Crippen LogP contribution in [0, 0.1) is 29.6 Å². The molecule has 0 heterocycles. The van der Waals surface area contributed by atoms with E-state index in [1.807, 2.05) is 0 Å². The van der Waals surface area contributed by atoms with Crippen LogP contribution in [0.4, 0.5) is 4.79 Å². The van der Waals surface area contributed by atoms with Crippen molar-refractivity contribution in [3.8, 4) is 0 Å². The highest BCUT2D eigenvalue weighted by atomic mass is 16.3. The van der Waals surface area contributed by atoms with Crippen LogP contribution in [0.25, 0.3) is 0 Å². The predicted molar refractivity (Wildman–Crippen MR) is 82.8 cm³/mol. The molecule has 0 aliphatic heterocycles. The molecule has 2 amide bonds. The summed E-state index contributed by atoms with van der Waals surface area (Å²) in [5.74, 6) is 3.65. The number of urea groups is 1. The monoisotopic (exact) mass is 294 g/mol. The van der Waals surface area contributed by atoms with E-state index in [1.165, 1.54) is 32.1 Å². The molecule has 0 aromatic heterocycles. The molecule has 2 atom stereocenters. The number of carbonyl (C=O) groups is 1. The Hall–Kier alpha value is -0.770. The molecule has 0 aromatic carbocycles. The van der Waals surface area contributed by atoms with Crippen molar-refractivity contribution in [2.45, 2.75) is 64.5 Å². The Morgan fingerprint density at radius 2 is 1.67 bits per heavy atom. The van der Waals surface area contributed by atoms with Gasteiger partial charge in [-0.3, -0.25) is 0 Å². The first kappa shape index (κ1) is 15.1. The number of aliphatic hydroxyl groups excluding tert-OH is 1. The predicted octanol–water partition coefficient (Wildman–Crippen LogP) is 2.52. The van der Waals surface area contributed by atoms with E-state index in [4.69, 9.17) is 0 Å². The van der Waals surface area contributed by atoms with Gasteiger partial charge in [-0.05, 0) is 75.0 Å². The number of hydrogen-bond acceptors (Lipinski definition) is 2. The third kappa shape index (κ3) is 3.53. The number of nitrogens with one attached hydrogen (secondary N) is 2. The molecular weight excluding hydrogens is 264 g/mol. The van der Waals surface area contributed by atoms with Crippen molar-refractivity contribution in [3.05, 3.63) is 0 Å². The Labute approximate surface area is 128 Å². The molecular formula is C17H30N2O2. The van der Waals surface area contributed by atoms with Crippen molar-refractivity contribution in [2.75, 3.05) is 6.54 Å². The zero-order valence-electron chi connectivity index (χ0n) is 13.3. The first-order valence-electron chi connectivity index (χ1n) is 8.73. The van der Waals surface area contributed by atoms with Gasteiger partial charge in [0.2, 0.25) is 0 Å². The molecule has 0 saturated heterocycles. The summed E-state index contributed by atoms with van der Waals surface area (Å²) >= 11 is 0. The van der Waals surface area contributed by atoms with Gasteiger partial charge in [0.05, 0.1) is 6.10 Å². The highest BCUT2D eigenvalue weighted by molar-refractivity contribution is 5.74. The van der Waals surface area contributed by atoms with Crippen molar-refractivity contribution in [1.29, 1.82) is 0 Å². The van der Waals surface area contributed by atoms with E-state index in [9.17, 15) is 9.90 Å². The van der Waals surface area contributed by atoms with Gasteiger partial charge in [-0.1, -0.05) is 6.92 Å². The zero-order chi connectivity index (χ0) is 15.0. The Kier molecular flexibility index (Phi) is 4.43. The molecule has 0 spiro atoms. The number of carbonyl (C=O) groups excluding carboxylic acids is 1. The highest BCUT2D eigenvalue weighted by Gasteiger charge is 2.48. The van der Waals surface area contributed by atoms with E-state index >= 15 is 0 Å². The van der Waals surface area contributed by atoms with E-state index in [0.717, 1.165) is 30.1 Å². The summed E-state index contributed by atoms with van der Waals surface area (Å²) in [7, 11) is 0. The second-order valence-electron chi connectivity index (χ2n) is 8.00. The standard InChI is InChI=1S/C17H30N2O2/c1-10(3-11(2)20)9-18-17(21)19-16-14-5-12-4-13(7-14)8-15(16)6-12/h10-16,20H,3-9H2,1-2H3,(H2,18,19,21). The minimum Gasteiger partial charge on any atom is -0.393 e. The van der Waals surface area contributed by atoms with Crippen molar-refractivity contribution < 1.29 is 9.90 Å². The smallest absolute Gasteiger partial charge is 0.315 e. The quantitative estimate of drug-likeness (QED) is 0.729. The first-order valence-corrected chi connectivity index (χ1v) is 8.73. The van der Waals surface area contributed by atoms with Gasteiger partial charge in [-0.15, -0.1) is 0 Å². The summed E-state index contributed by atoms with van der Waals surface area (Å²) in [4.78, 5) is 12.1. The molecule has 4 bridgehead atoms. The third-order valence-electron chi connectivity index (χ3n) is 5.88. The number of rotatable bonds is 5. The minimum absolute atomic E-state index is 0.00934. The number of hydrogen-bond donors (Lipinski definition) is 3. The summed E-state index contributed by atoms with van der Waals surface area (Å²) in [5, 5.41) is 15.6. The number of aliphatic hydroxyl groups is 1. The lowest BCUT2D eigenvalue weighted by Crippen LogP contribution is -2.57. The van der Waals surface area contributed by atoms with Gasteiger partial charge in [0.25, 0.3) is 0 Å². The van der Waals surface area contributed by atoms with Crippen LogP contribution in [0.2, 0.25) is 0 Å². The maximum absolute atomic E-state index is 12.1. The van der Waals surface area contributed by atoms with Gasteiger partial charge in [0.15, 0.2) is 0 Å². The average molecular weight is 294 g/mol. The molecule has 4 aliphatic rings. The van der Waals surface area contributed by atoms with Crippen LogP contribution in [0.3, 0.4) is 0 Å². The fourth-order valence-corrected chi connectivity index (χ4v) is 5.30. The van der Waals surface area contributed by atoms with E-state index in [-0.39, 0.29) is 12.1 Å². The summed E-state index contributed by atoms with van der Waals surface area (Å²) < 4.78 is 0. The Morgan fingerprint density at radius 1 is 1.10 bits per heavy atom. The fraction of sp³-hybridized carbons (Fsp3) is 0.941. The first-order chi connectivity index (χ1) is 10.0. The minimum atomic E-state index is -0.297. The van der Waals surface area contributed by atoms with E-state index in [0.29, 0.717) is 18.5 Å². The molecule has 0 radical (unpaired) electrons. The number of amides is 2. The lowest BCUT2D eigenvalue weighted by molar-refractivity contribution is -0.00944. The molecule has 4 saturated carbocycles. The maximum Gasteiger partial charge on any atom is 0.315 e. The van der Waals surface area contributed by atoms with Crippen LogP contribution >= 0.6 is 0 Å². The molecule has 0 aromatic rings. The van der Waals surface area contributed by atoms with Gasteiger partial charge in [-0.25, -0.2) is 4.79 Å². The summed E-state index contributed by atoms with van der Waals surface area (Å²) in [5.41, 5.74) is 0. The molecule has 2 unspecified atom stereocenters. The van der Waals surface area contributed by atoms with E-state index in [1.54, 1.807) is 6.92 Å². The van der Waals surface area contributed by atoms with Crippen LogP contribution < -0.4 is 10.6 Å². The Balaban J connectivity index is 1.45. The third-order valence-corrected chi connectivity index (χ3v) is 5.88. The normalized spacial score (nSPS) is 39.9. The van der Waals surface area contributed by atoms with Crippen molar-refractivity contribution >= 4 is 6.03 Å². The Bertz CT molecular complexity index is 355. The topological polar surface area (TPSA) is 61.4 Å². The molecule has 4 rings (SSSR count). The van der Waals surface area contributed by atoms with Crippen molar-refractivity contribution in [2.24, 2.45) is 29.6 Å². The van der Waals surface area contributed by atoms with Gasteiger partial charge >= 0.3 is 6.03 Å². The van der Waals surface area contributed by atoms with Gasteiger partial charge in [0.1, 0.15) is 0 Å². The fourth-order valence-electron chi connectivity index (χ4n) is 5.30. The summed E-state index contributed by atoms with van der Waals surface area (Å²) in [6.45, 7) is 4.50. The molecule has 4 aliphatic carbocycles. The second kappa shape index (κ2) is 6.15. The van der Waals surface area contributed by atoms with Crippen molar-refractivity contribution in [3.63, 3.8) is 0 Å². The molecule has 4 heteroatoms. The maximum atomic E-state index is 12.1. The van der Waals surface area contributed by atoms with Crippen LogP contribution in [-0.2, 0) is 0 Å². The van der Waals surface area contributed by atoms with Crippen molar-refractivity contribution in [1.82, 2.24) is 10.6 Å². The molecule has 4 nitrogen and oxygen atoms in total. The SMILES string of the molecule is CC(O)CC(C)CNC(=O)NC1C2CC3CC(C2)CC1C3. The van der Waals surface area contributed by atoms with Gasteiger partial charge < -0.3 is 15.7 Å². The van der Waals surface area contributed by atoms with Crippen LogP contribution in [0.5, 0.6) is 0 Å². The second-order valence-corrected chi connectivity index (χ2v) is 8.00. The molecule has 4 fully saturated rings. The zero-order valence-corrected chi connectivity index (χ0v) is 13.3. The summed E-state index contributed by atoms with van der Waals surface area (Å²) in [6.07, 6.45) is 7.20. The van der Waals surface area contributed by atoms with E-state index < -0.39 is 0 Å². The van der Waals surface area contributed by atoms with Gasteiger partial charge in [-0.2, -0.15) is 0 Å². The van der Waals surface area contributed by atoms with Gasteiger partial charge in [0, 0.05) is 12.6 Å². The van der Waals surface area contributed by atoms with Crippen LogP contribution in [0.1, 0.15) is 52.4 Å². The highest BCUT2D eigenvalue weighted by Crippen LogP contribution is 2.53. The molecule has 21 heavy (non-hydrogen) atoms. The van der Waals surface area contributed by atoms with E-state index in [2.05, 4.69) is 17.6 Å². The Morgan fingerprint density at radius 3 is 2.19 bits per heavy atom. The van der Waals surface area contributed by atoms with Crippen LogP contribution in [0.15, 0.2) is 0 Å². The lowest BCUT2D eigenvalue weighted by atomic mass is 9.54. The largest absolute Gasteiger partial charge is 0.393 e. The molecule has 3 N–H and O–H groups in total. The van der Waals surface area contributed by atoms with Crippen LogP contribution in [-0.4, -0.2) is 29.8 Å². The lowest BCUT2D eigenvalue weighted by Gasteiger charge is -2.54. The molecule has 120 valence electrons. The average Bonchev–Trinajstić information content (AvgIpc) is 2.39. The summed E-state index contributed by atoms with van der Waals surface area (Å²) in [6, 6.07) is 0.398.